The molecule has 0 bridgehead atoms. The lowest BCUT2D eigenvalue weighted by Crippen LogP contribution is -2.27. The minimum Gasteiger partial charge on any atom is -0.361 e. The molecular weight excluding hydrogens is 208 g/mol. The monoisotopic (exact) mass is 228 g/mol. The third-order valence-corrected chi connectivity index (χ3v) is 3.86. The maximum Gasteiger partial charge on any atom is 0.0456 e. The largest absolute Gasteiger partial charge is 0.361 e. The molecule has 0 aliphatic heterocycles. The van der Waals surface area contributed by atoms with E-state index in [1.165, 1.54) is 42.1 Å². The molecule has 2 heteroatoms. The van der Waals surface area contributed by atoms with Gasteiger partial charge in [0.15, 0.2) is 0 Å². The molecule has 1 saturated carbocycles. The average Bonchev–Trinajstić information content (AvgIpc) is 2.99. The first kappa shape index (κ1) is 10.8. The first-order valence-electron chi connectivity index (χ1n) is 6.72. The van der Waals surface area contributed by atoms with E-state index in [2.05, 4.69) is 40.8 Å². The fraction of sp³-hybridized carbons (Fsp3) is 0.467. The topological polar surface area (TPSA) is 27.8 Å². The molecule has 90 valence electrons. The molecule has 0 radical (unpaired) electrons. The summed E-state index contributed by atoms with van der Waals surface area (Å²) in [4.78, 5) is 3.34. The quantitative estimate of drug-likeness (QED) is 0.826. The van der Waals surface area contributed by atoms with E-state index in [4.69, 9.17) is 0 Å². The Morgan fingerprint density at radius 2 is 2.00 bits per heavy atom. The van der Waals surface area contributed by atoms with Gasteiger partial charge in [-0.15, -0.1) is 0 Å². The number of fused-ring (bicyclic) bond motifs is 1. The highest BCUT2D eigenvalue weighted by Crippen LogP contribution is 2.19. The fourth-order valence-electron chi connectivity index (χ4n) is 2.88. The Morgan fingerprint density at radius 1 is 1.18 bits per heavy atom. The van der Waals surface area contributed by atoms with Crippen molar-refractivity contribution in [2.75, 3.05) is 6.54 Å². The van der Waals surface area contributed by atoms with Gasteiger partial charge in [-0.05, 0) is 37.4 Å². The van der Waals surface area contributed by atoms with E-state index in [0.717, 1.165) is 19.0 Å². The molecule has 0 saturated heterocycles. The normalized spacial score (nSPS) is 16.9. The van der Waals surface area contributed by atoms with Gasteiger partial charge < -0.3 is 10.3 Å². The van der Waals surface area contributed by atoms with Crippen molar-refractivity contribution in [2.45, 2.75) is 38.1 Å². The van der Waals surface area contributed by atoms with E-state index in [9.17, 15) is 0 Å². The van der Waals surface area contributed by atoms with Crippen LogP contribution in [0.1, 0.15) is 31.2 Å². The Bertz CT molecular complexity index is 480. The van der Waals surface area contributed by atoms with Crippen molar-refractivity contribution in [2.24, 2.45) is 0 Å². The van der Waals surface area contributed by atoms with E-state index < -0.39 is 0 Å². The van der Waals surface area contributed by atoms with Crippen LogP contribution in [0.15, 0.2) is 30.5 Å². The highest BCUT2D eigenvalue weighted by atomic mass is 14.9. The SMILES string of the molecule is c1ccc2c(CCNC3CCCC3)c[nH]c2c1. The van der Waals surface area contributed by atoms with Gasteiger partial charge in [0.25, 0.3) is 0 Å². The van der Waals surface area contributed by atoms with E-state index in [1.807, 2.05) is 0 Å². The molecule has 1 aromatic carbocycles. The van der Waals surface area contributed by atoms with E-state index in [1.54, 1.807) is 0 Å². The highest BCUT2D eigenvalue weighted by Gasteiger charge is 2.13. The van der Waals surface area contributed by atoms with Gasteiger partial charge in [0.2, 0.25) is 0 Å². The molecular formula is C15H20N2. The number of aromatic amines is 1. The average molecular weight is 228 g/mol. The highest BCUT2D eigenvalue weighted by molar-refractivity contribution is 5.83. The van der Waals surface area contributed by atoms with Crippen LogP contribution in [-0.2, 0) is 6.42 Å². The maximum absolute atomic E-state index is 3.67. The van der Waals surface area contributed by atoms with Crippen LogP contribution in [0.25, 0.3) is 10.9 Å². The lowest BCUT2D eigenvalue weighted by molar-refractivity contribution is 0.528. The van der Waals surface area contributed by atoms with Crippen LogP contribution in [0.4, 0.5) is 0 Å². The number of H-pyrrole nitrogens is 1. The van der Waals surface area contributed by atoms with Gasteiger partial charge in [0.05, 0.1) is 0 Å². The molecule has 1 aliphatic carbocycles. The van der Waals surface area contributed by atoms with E-state index >= 15 is 0 Å². The lowest BCUT2D eigenvalue weighted by atomic mass is 10.1. The fourth-order valence-corrected chi connectivity index (χ4v) is 2.88. The van der Waals surface area contributed by atoms with Crippen molar-refractivity contribution in [1.29, 1.82) is 0 Å². The summed E-state index contributed by atoms with van der Waals surface area (Å²) in [5.74, 6) is 0. The number of hydrogen-bond donors (Lipinski definition) is 2. The summed E-state index contributed by atoms with van der Waals surface area (Å²) < 4.78 is 0. The van der Waals surface area contributed by atoms with Gasteiger partial charge in [0, 0.05) is 23.1 Å². The minimum atomic E-state index is 0.778. The molecule has 0 spiro atoms. The van der Waals surface area contributed by atoms with Gasteiger partial charge >= 0.3 is 0 Å². The summed E-state index contributed by atoms with van der Waals surface area (Å²) in [6.45, 7) is 1.10. The summed E-state index contributed by atoms with van der Waals surface area (Å²) in [7, 11) is 0. The molecule has 2 aromatic rings. The van der Waals surface area contributed by atoms with E-state index in [-0.39, 0.29) is 0 Å². The Balaban J connectivity index is 1.60. The summed E-state index contributed by atoms with van der Waals surface area (Å²) >= 11 is 0. The van der Waals surface area contributed by atoms with Crippen molar-refractivity contribution in [3.8, 4) is 0 Å². The molecule has 0 atom stereocenters. The number of hydrogen-bond acceptors (Lipinski definition) is 1. The summed E-state index contributed by atoms with van der Waals surface area (Å²) in [5, 5.41) is 5.05. The van der Waals surface area contributed by atoms with Gasteiger partial charge in [-0.3, -0.25) is 0 Å². The second kappa shape index (κ2) is 4.92. The smallest absolute Gasteiger partial charge is 0.0456 e. The molecule has 1 heterocycles. The van der Waals surface area contributed by atoms with Crippen molar-refractivity contribution in [3.05, 3.63) is 36.0 Å². The van der Waals surface area contributed by atoms with Crippen molar-refractivity contribution >= 4 is 10.9 Å². The van der Waals surface area contributed by atoms with Crippen molar-refractivity contribution in [3.63, 3.8) is 0 Å². The Morgan fingerprint density at radius 3 is 2.88 bits per heavy atom. The van der Waals surface area contributed by atoms with Crippen LogP contribution < -0.4 is 5.32 Å². The first-order valence-corrected chi connectivity index (χ1v) is 6.72. The molecule has 1 aliphatic rings. The van der Waals surface area contributed by atoms with Crippen LogP contribution in [0.3, 0.4) is 0 Å². The number of aromatic nitrogens is 1. The zero-order chi connectivity index (χ0) is 11.5. The standard InChI is InChI=1S/C15H20N2/c1-2-6-13(5-1)16-10-9-12-11-17-15-8-4-3-7-14(12)15/h3-4,7-8,11,13,16-17H,1-2,5-6,9-10H2. The van der Waals surface area contributed by atoms with Crippen LogP contribution in [0, 0.1) is 0 Å². The molecule has 0 amide bonds. The van der Waals surface area contributed by atoms with Gasteiger partial charge in [-0.1, -0.05) is 31.0 Å². The van der Waals surface area contributed by atoms with Crippen LogP contribution in [-0.4, -0.2) is 17.6 Å². The second-order valence-corrected chi connectivity index (χ2v) is 5.05. The second-order valence-electron chi connectivity index (χ2n) is 5.05. The zero-order valence-corrected chi connectivity index (χ0v) is 10.2. The van der Waals surface area contributed by atoms with Gasteiger partial charge in [0.1, 0.15) is 0 Å². The van der Waals surface area contributed by atoms with Crippen molar-refractivity contribution < 1.29 is 0 Å². The molecule has 1 aromatic heterocycles. The predicted molar refractivity (Wildman–Crippen MR) is 72.3 cm³/mol. The van der Waals surface area contributed by atoms with Gasteiger partial charge in [-0.25, -0.2) is 0 Å². The molecule has 1 fully saturated rings. The zero-order valence-electron chi connectivity index (χ0n) is 10.2. The Hall–Kier alpha value is -1.28. The van der Waals surface area contributed by atoms with Crippen LogP contribution in [0.2, 0.25) is 0 Å². The van der Waals surface area contributed by atoms with E-state index in [0.29, 0.717) is 0 Å². The molecule has 2 nitrogen and oxygen atoms in total. The molecule has 3 rings (SSSR count). The number of rotatable bonds is 4. The third kappa shape index (κ3) is 2.37. The molecule has 2 N–H and O–H groups in total. The van der Waals surface area contributed by atoms with Crippen LogP contribution >= 0.6 is 0 Å². The minimum absolute atomic E-state index is 0.778. The maximum atomic E-state index is 3.67. The van der Waals surface area contributed by atoms with Crippen LogP contribution in [0.5, 0.6) is 0 Å². The number of para-hydroxylation sites is 1. The van der Waals surface area contributed by atoms with Gasteiger partial charge in [-0.2, -0.15) is 0 Å². The summed E-state index contributed by atoms with van der Waals surface area (Å²) in [5.41, 5.74) is 2.69. The Labute approximate surface area is 102 Å². The third-order valence-electron chi connectivity index (χ3n) is 3.86. The predicted octanol–water partition coefficient (Wildman–Crippen LogP) is 3.24. The lowest BCUT2D eigenvalue weighted by Gasteiger charge is -2.10. The summed E-state index contributed by atoms with van der Waals surface area (Å²) in [6, 6.07) is 9.32. The molecule has 0 unspecified atom stereocenters. The first-order chi connectivity index (χ1) is 8.43. The Kier molecular flexibility index (Phi) is 3.14. The summed E-state index contributed by atoms with van der Waals surface area (Å²) in [6.07, 6.45) is 8.83. The van der Waals surface area contributed by atoms with Crippen molar-refractivity contribution in [1.82, 2.24) is 10.3 Å². The number of benzene rings is 1. The number of nitrogens with one attached hydrogen (secondary N) is 2. The molecule has 17 heavy (non-hydrogen) atoms.